The normalized spacial score (nSPS) is 14.0. The molecular weight excluding hydrogens is 767 g/mol. The highest BCUT2D eigenvalue weighted by Gasteiger charge is 2.24. The molecule has 0 saturated heterocycles. The van der Waals surface area contributed by atoms with Crippen molar-refractivity contribution in [1.29, 1.82) is 0 Å². The van der Waals surface area contributed by atoms with Crippen LogP contribution < -0.4 is 5.32 Å². The number of hydrogen-bond acceptors (Lipinski definition) is 5. The molecule has 6 nitrogen and oxygen atoms in total. The molecule has 0 aliphatic rings. The van der Waals surface area contributed by atoms with Crippen LogP contribution >= 0.6 is 0 Å². The van der Waals surface area contributed by atoms with Crippen molar-refractivity contribution < 1.29 is 24.5 Å². The minimum atomic E-state index is -0.813. The van der Waals surface area contributed by atoms with E-state index in [1.807, 2.05) is 48.6 Å². The van der Waals surface area contributed by atoms with E-state index in [9.17, 15) is 19.8 Å². The van der Waals surface area contributed by atoms with Gasteiger partial charge in [0.25, 0.3) is 0 Å². The Hall–Kier alpha value is -2.96. The molecule has 0 spiro atoms. The fourth-order valence-corrected chi connectivity index (χ4v) is 7.45. The highest BCUT2D eigenvalue weighted by atomic mass is 16.5. The first-order valence-corrected chi connectivity index (χ1v) is 25.9. The van der Waals surface area contributed by atoms with Crippen molar-refractivity contribution in [3.05, 3.63) is 85.1 Å². The summed E-state index contributed by atoms with van der Waals surface area (Å²) < 4.78 is 5.89. The number of aliphatic hydroxyl groups is 2. The van der Waals surface area contributed by atoms with Crippen LogP contribution in [0.1, 0.15) is 233 Å². The second kappa shape index (κ2) is 49.1. The lowest BCUT2D eigenvalue weighted by Crippen LogP contribution is -2.46. The molecule has 0 radical (unpaired) electrons. The van der Waals surface area contributed by atoms with Crippen molar-refractivity contribution in [2.75, 3.05) is 6.61 Å². The Morgan fingerprint density at radius 3 is 1.37 bits per heavy atom. The molecule has 0 fully saturated rings. The number of allylic oxidation sites excluding steroid dienone is 14. The van der Waals surface area contributed by atoms with Gasteiger partial charge in [-0.05, 0) is 64.2 Å². The van der Waals surface area contributed by atoms with E-state index in [1.54, 1.807) is 0 Å². The molecule has 3 unspecified atom stereocenters. The fraction of sp³-hybridized carbons (Fsp3) is 0.714. The summed E-state index contributed by atoms with van der Waals surface area (Å²) in [5, 5.41) is 23.7. The third-order valence-corrected chi connectivity index (χ3v) is 11.4. The molecule has 0 heterocycles. The van der Waals surface area contributed by atoms with Gasteiger partial charge >= 0.3 is 5.97 Å². The molecule has 0 saturated carbocycles. The van der Waals surface area contributed by atoms with Crippen LogP contribution in [0.15, 0.2) is 85.1 Å². The highest BCUT2D eigenvalue weighted by Crippen LogP contribution is 2.17. The van der Waals surface area contributed by atoms with E-state index in [1.165, 1.54) is 109 Å². The van der Waals surface area contributed by atoms with Crippen molar-refractivity contribution in [2.45, 2.75) is 251 Å². The van der Waals surface area contributed by atoms with Gasteiger partial charge < -0.3 is 20.3 Å². The summed E-state index contributed by atoms with van der Waals surface area (Å²) in [4.78, 5) is 26.1. The first-order valence-electron chi connectivity index (χ1n) is 25.9. The highest BCUT2D eigenvalue weighted by molar-refractivity contribution is 5.77. The Kier molecular flexibility index (Phi) is 46.7. The van der Waals surface area contributed by atoms with Crippen LogP contribution in [-0.4, -0.2) is 46.9 Å². The maximum absolute atomic E-state index is 13.2. The average molecular weight is 864 g/mol. The van der Waals surface area contributed by atoms with Crippen LogP contribution in [0.4, 0.5) is 0 Å². The van der Waals surface area contributed by atoms with Gasteiger partial charge in [0.05, 0.1) is 25.2 Å². The molecule has 3 N–H and O–H groups in total. The Morgan fingerprint density at radius 1 is 0.484 bits per heavy atom. The van der Waals surface area contributed by atoms with Crippen LogP contribution in [0.3, 0.4) is 0 Å². The van der Waals surface area contributed by atoms with Crippen LogP contribution in [-0.2, 0) is 14.3 Å². The molecule has 3 atom stereocenters. The number of rotatable bonds is 45. The lowest BCUT2D eigenvalue weighted by atomic mass is 10.0. The number of aliphatic hydroxyl groups excluding tert-OH is 2. The van der Waals surface area contributed by atoms with E-state index in [4.69, 9.17) is 4.74 Å². The van der Waals surface area contributed by atoms with Crippen molar-refractivity contribution in [1.82, 2.24) is 5.32 Å². The van der Waals surface area contributed by atoms with Crippen molar-refractivity contribution in [2.24, 2.45) is 0 Å². The van der Waals surface area contributed by atoms with E-state index in [0.717, 1.165) is 77.0 Å². The van der Waals surface area contributed by atoms with Gasteiger partial charge in [0.2, 0.25) is 5.91 Å². The van der Waals surface area contributed by atoms with Crippen molar-refractivity contribution in [3.63, 3.8) is 0 Å². The van der Waals surface area contributed by atoms with Crippen LogP contribution in [0.2, 0.25) is 0 Å². The number of unbranched alkanes of at least 4 members (excludes halogenated alkanes) is 24. The minimum absolute atomic E-state index is 0.0186. The summed E-state index contributed by atoms with van der Waals surface area (Å²) >= 11 is 0. The van der Waals surface area contributed by atoms with E-state index in [2.05, 4.69) is 62.5 Å². The van der Waals surface area contributed by atoms with Gasteiger partial charge in [0.15, 0.2) is 0 Å². The van der Waals surface area contributed by atoms with Gasteiger partial charge in [-0.25, -0.2) is 0 Å². The molecular formula is C56H97NO5. The average Bonchev–Trinajstić information content (AvgIpc) is 3.26. The SMILES string of the molecule is CC/C=C/C=C/C=C\C=C/C=C/CCCC(CC(=O)NC(CO)C(O)CCCCCCCCCCCCCC)OC(=O)CCCCCCC/C=C/C=C/CCCCCCCCC. The van der Waals surface area contributed by atoms with Gasteiger partial charge in [-0.2, -0.15) is 0 Å². The fourth-order valence-electron chi connectivity index (χ4n) is 7.45. The van der Waals surface area contributed by atoms with Gasteiger partial charge in [0, 0.05) is 6.42 Å². The van der Waals surface area contributed by atoms with E-state index >= 15 is 0 Å². The summed E-state index contributed by atoms with van der Waals surface area (Å²) in [6.45, 7) is 6.30. The molecule has 0 aromatic carbocycles. The third-order valence-electron chi connectivity index (χ3n) is 11.4. The number of esters is 1. The van der Waals surface area contributed by atoms with E-state index < -0.39 is 18.2 Å². The third kappa shape index (κ3) is 43.7. The lowest BCUT2D eigenvalue weighted by Gasteiger charge is -2.24. The summed E-state index contributed by atoms with van der Waals surface area (Å²) in [7, 11) is 0. The maximum Gasteiger partial charge on any atom is 0.306 e. The topological polar surface area (TPSA) is 95.9 Å². The Morgan fingerprint density at radius 2 is 0.887 bits per heavy atom. The molecule has 0 aliphatic heterocycles. The number of carbonyl (C=O) groups excluding carboxylic acids is 2. The predicted molar refractivity (Wildman–Crippen MR) is 268 cm³/mol. The number of hydrogen-bond donors (Lipinski definition) is 3. The summed E-state index contributed by atoms with van der Waals surface area (Å²) in [5.74, 6) is -0.568. The molecule has 62 heavy (non-hydrogen) atoms. The molecule has 0 aromatic rings. The summed E-state index contributed by atoms with van der Waals surface area (Å²) in [6.07, 6.45) is 63.6. The summed E-state index contributed by atoms with van der Waals surface area (Å²) in [5.41, 5.74) is 0. The van der Waals surface area contributed by atoms with Crippen molar-refractivity contribution in [3.8, 4) is 0 Å². The van der Waals surface area contributed by atoms with Crippen molar-refractivity contribution >= 4 is 11.9 Å². The molecule has 0 rings (SSSR count). The lowest BCUT2D eigenvalue weighted by molar-refractivity contribution is -0.151. The van der Waals surface area contributed by atoms with Crippen LogP contribution in [0.5, 0.6) is 0 Å². The molecule has 6 heteroatoms. The van der Waals surface area contributed by atoms with Gasteiger partial charge in [0.1, 0.15) is 6.10 Å². The predicted octanol–water partition coefficient (Wildman–Crippen LogP) is 15.6. The van der Waals surface area contributed by atoms with Crippen LogP contribution in [0, 0.1) is 0 Å². The van der Waals surface area contributed by atoms with Crippen LogP contribution in [0.25, 0.3) is 0 Å². The molecule has 0 bridgehead atoms. The zero-order valence-electron chi connectivity index (χ0n) is 40.5. The second-order valence-corrected chi connectivity index (χ2v) is 17.3. The second-order valence-electron chi connectivity index (χ2n) is 17.3. The minimum Gasteiger partial charge on any atom is -0.462 e. The number of carbonyl (C=O) groups is 2. The number of amides is 1. The number of nitrogens with one attached hydrogen (secondary N) is 1. The van der Waals surface area contributed by atoms with Gasteiger partial charge in [-0.3, -0.25) is 9.59 Å². The Labute approximate surface area is 383 Å². The largest absolute Gasteiger partial charge is 0.462 e. The zero-order valence-corrected chi connectivity index (χ0v) is 40.5. The first kappa shape index (κ1) is 59.0. The Balaban J connectivity index is 4.69. The number of ether oxygens (including phenoxy) is 1. The van der Waals surface area contributed by atoms with E-state index in [-0.39, 0.29) is 24.9 Å². The van der Waals surface area contributed by atoms with Gasteiger partial charge in [-0.15, -0.1) is 0 Å². The molecule has 0 aromatic heterocycles. The Bertz CT molecular complexity index is 1200. The zero-order chi connectivity index (χ0) is 45.2. The van der Waals surface area contributed by atoms with Gasteiger partial charge in [-0.1, -0.05) is 241 Å². The monoisotopic (exact) mass is 864 g/mol. The quantitative estimate of drug-likeness (QED) is 0.0322. The molecule has 1 amide bonds. The molecule has 356 valence electrons. The smallest absolute Gasteiger partial charge is 0.306 e. The standard InChI is InChI=1S/C56H97NO5/c1-4-7-10-13-16-19-22-25-26-27-28-29-31-34-37-40-43-46-49-56(61)62-52(47-44-41-38-35-32-30-23-20-17-14-11-8-5-2)50-55(60)57-53(51-58)54(59)48-45-42-39-36-33-24-21-18-15-12-9-6-3/h8,11,14,17,20,23,26-30,32,35,38,52-54,58-59H,4-7,9-10,12-13,15-16,18-19,21-22,24-25,31,33-34,36-37,39-51H2,1-3H3,(H,57,60)/b11-8+,17-14+,23-20-,27-26+,29-28+,32-30-,38-35+. The maximum atomic E-state index is 13.2. The summed E-state index contributed by atoms with van der Waals surface area (Å²) in [6, 6.07) is -0.731. The first-order chi connectivity index (χ1) is 30.5. The van der Waals surface area contributed by atoms with E-state index in [0.29, 0.717) is 19.3 Å². The molecule has 0 aliphatic carbocycles.